The van der Waals surface area contributed by atoms with E-state index in [-0.39, 0.29) is 17.9 Å². The van der Waals surface area contributed by atoms with Crippen LogP contribution in [0, 0.1) is 0 Å². The van der Waals surface area contributed by atoms with Gasteiger partial charge in [-0.25, -0.2) is 8.42 Å². The van der Waals surface area contributed by atoms with Crippen LogP contribution >= 0.6 is 0 Å². The maximum Gasteiger partial charge on any atom is 0.301 e. The summed E-state index contributed by atoms with van der Waals surface area (Å²) in [7, 11) is -3.82. The number of hydrogen-bond donors (Lipinski definition) is 2. The van der Waals surface area contributed by atoms with E-state index < -0.39 is 20.5 Å². The molecule has 1 aliphatic carbocycles. The van der Waals surface area contributed by atoms with Crippen LogP contribution in [0.4, 0.5) is 6.01 Å². The zero-order chi connectivity index (χ0) is 22.4. The van der Waals surface area contributed by atoms with Gasteiger partial charge in [-0.15, -0.1) is 0 Å². The highest BCUT2D eigenvalue weighted by atomic mass is 32.2. The summed E-state index contributed by atoms with van der Waals surface area (Å²) in [5.41, 5.74) is 2.58. The van der Waals surface area contributed by atoms with Crippen LogP contribution in [0.15, 0.2) is 65.3 Å². The van der Waals surface area contributed by atoms with Crippen LogP contribution in [0.25, 0.3) is 11.3 Å². The first-order valence-corrected chi connectivity index (χ1v) is 12.6. The van der Waals surface area contributed by atoms with Crippen molar-refractivity contribution in [3.8, 4) is 11.3 Å². The van der Waals surface area contributed by atoms with Crippen LogP contribution < -0.4 is 10.6 Å². The third-order valence-corrected chi connectivity index (χ3v) is 8.69. The van der Waals surface area contributed by atoms with Gasteiger partial charge in [-0.1, -0.05) is 54.6 Å². The summed E-state index contributed by atoms with van der Waals surface area (Å²) in [6, 6.07) is 16.9. The number of carbonyl (C=O) groups is 1. The van der Waals surface area contributed by atoms with Crippen molar-refractivity contribution in [1.29, 1.82) is 0 Å². The van der Waals surface area contributed by atoms with Crippen LogP contribution in [-0.4, -0.2) is 38.7 Å². The minimum atomic E-state index is -3.82. The van der Waals surface area contributed by atoms with E-state index in [2.05, 4.69) is 15.6 Å². The standard InChI is InChI=1S/C24H25N3O4S/c1-32(29,30)24(16-23(11-13-25-14-12-23)18-9-5-6-10-19(18)24)21(28)27-22-26-20(15-31-22)17-7-3-2-4-8-17/h2-10,15,25H,11-14,16H2,1H3,(H,26,27,28). The Morgan fingerprint density at radius 3 is 2.38 bits per heavy atom. The zero-order valence-electron chi connectivity index (χ0n) is 17.8. The van der Waals surface area contributed by atoms with E-state index in [1.165, 1.54) is 6.26 Å². The Kier molecular flexibility index (Phi) is 4.94. The van der Waals surface area contributed by atoms with Crippen LogP contribution in [0.1, 0.15) is 30.4 Å². The largest absolute Gasteiger partial charge is 0.431 e. The van der Waals surface area contributed by atoms with Gasteiger partial charge < -0.3 is 9.73 Å². The van der Waals surface area contributed by atoms with Crippen LogP contribution in [0.2, 0.25) is 0 Å². The second kappa shape index (κ2) is 7.56. The Morgan fingerprint density at radius 1 is 1.03 bits per heavy atom. The minimum absolute atomic E-state index is 0.0133. The maximum atomic E-state index is 13.7. The molecule has 166 valence electrons. The fourth-order valence-corrected chi connectivity index (χ4v) is 6.79. The maximum absolute atomic E-state index is 13.7. The predicted octanol–water partition coefficient (Wildman–Crippen LogP) is 3.25. The normalized spacial score (nSPS) is 21.9. The molecule has 1 amide bonds. The van der Waals surface area contributed by atoms with Gasteiger partial charge in [-0.3, -0.25) is 10.1 Å². The van der Waals surface area contributed by atoms with Gasteiger partial charge in [0.2, 0.25) is 0 Å². The Labute approximate surface area is 187 Å². The number of rotatable bonds is 4. The number of aromatic nitrogens is 1. The van der Waals surface area contributed by atoms with Crippen molar-refractivity contribution < 1.29 is 17.6 Å². The SMILES string of the molecule is CS(=O)(=O)C1(C(=O)Nc2nc(-c3ccccc3)co2)CC2(CCNCC2)c2ccccc21. The van der Waals surface area contributed by atoms with Crippen molar-refractivity contribution in [2.24, 2.45) is 0 Å². The molecule has 2 aliphatic rings. The topological polar surface area (TPSA) is 101 Å². The number of carbonyl (C=O) groups excluding carboxylic acids is 1. The fourth-order valence-electron chi connectivity index (χ4n) is 5.29. The van der Waals surface area contributed by atoms with Crippen molar-refractivity contribution >= 4 is 21.8 Å². The molecule has 5 rings (SSSR count). The summed E-state index contributed by atoms with van der Waals surface area (Å²) >= 11 is 0. The number of amides is 1. The summed E-state index contributed by atoms with van der Waals surface area (Å²) in [6.45, 7) is 1.58. The quantitative estimate of drug-likeness (QED) is 0.632. The molecule has 8 heteroatoms. The Morgan fingerprint density at radius 2 is 1.69 bits per heavy atom. The summed E-state index contributed by atoms with van der Waals surface area (Å²) in [5.74, 6) is -0.621. The third kappa shape index (κ3) is 3.17. The molecular weight excluding hydrogens is 426 g/mol. The van der Waals surface area contributed by atoms with E-state index in [1.54, 1.807) is 12.1 Å². The number of sulfone groups is 1. The van der Waals surface area contributed by atoms with E-state index in [1.807, 2.05) is 42.5 Å². The Balaban J connectivity index is 1.55. The Hall–Kier alpha value is -2.97. The highest BCUT2D eigenvalue weighted by Crippen LogP contribution is 2.56. The summed E-state index contributed by atoms with van der Waals surface area (Å²) in [5, 5.41) is 6.02. The number of anilines is 1. The predicted molar refractivity (Wildman–Crippen MR) is 122 cm³/mol. The molecule has 1 fully saturated rings. The lowest BCUT2D eigenvalue weighted by Gasteiger charge is -2.36. The number of oxazole rings is 1. The number of nitrogens with zero attached hydrogens (tertiary/aromatic N) is 1. The first-order chi connectivity index (χ1) is 15.4. The second-order valence-electron chi connectivity index (χ2n) is 8.71. The molecule has 1 atom stereocenters. The van der Waals surface area contributed by atoms with Gasteiger partial charge in [0.05, 0.1) is 0 Å². The first kappa shape index (κ1) is 20.9. The molecule has 2 aromatic carbocycles. The van der Waals surface area contributed by atoms with E-state index in [9.17, 15) is 13.2 Å². The molecule has 1 unspecified atom stereocenters. The molecule has 0 radical (unpaired) electrons. The molecule has 1 spiro atoms. The molecule has 1 saturated heterocycles. The van der Waals surface area contributed by atoms with E-state index in [0.29, 0.717) is 11.3 Å². The monoisotopic (exact) mass is 451 g/mol. The molecule has 2 heterocycles. The van der Waals surface area contributed by atoms with Gasteiger partial charge in [-0.05, 0) is 43.5 Å². The van der Waals surface area contributed by atoms with Crippen molar-refractivity contribution in [3.63, 3.8) is 0 Å². The number of nitrogens with one attached hydrogen (secondary N) is 2. The van der Waals surface area contributed by atoms with Crippen molar-refractivity contribution in [2.75, 3.05) is 24.7 Å². The minimum Gasteiger partial charge on any atom is -0.431 e. The van der Waals surface area contributed by atoms with Crippen LogP contribution in [0.3, 0.4) is 0 Å². The molecule has 7 nitrogen and oxygen atoms in total. The smallest absolute Gasteiger partial charge is 0.301 e. The average Bonchev–Trinajstić information content (AvgIpc) is 3.37. The lowest BCUT2D eigenvalue weighted by Crippen LogP contribution is -2.48. The molecule has 0 bridgehead atoms. The van der Waals surface area contributed by atoms with Gasteiger partial charge in [0.1, 0.15) is 12.0 Å². The molecule has 1 aliphatic heterocycles. The highest BCUT2D eigenvalue weighted by molar-refractivity contribution is 7.92. The summed E-state index contributed by atoms with van der Waals surface area (Å²) in [4.78, 5) is 18.1. The molecule has 32 heavy (non-hydrogen) atoms. The van der Waals surface area contributed by atoms with Crippen LogP contribution in [-0.2, 0) is 24.8 Å². The fraction of sp³-hybridized carbons (Fsp3) is 0.333. The number of fused-ring (bicyclic) bond motifs is 2. The lowest BCUT2D eigenvalue weighted by atomic mass is 9.73. The number of benzene rings is 2. The zero-order valence-corrected chi connectivity index (χ0v) is 18.6. The van der Waals surface area contributed by atoms with Gasteiger partial charge in [0, 0.05) is 17.2 Å². The molecule has 1 aromatic heterocycles. The van der Waals surface area contributed by atoms with Crippen molar-refractivity contribution in [2.45, 2.75) is 29.4 Å². The molecule has 3 aromatic rings. The lowest BCUT2D eigenvalue weighted by molar-refractivity contribution is -0.119. The van der Waals surface area contributed by atoms with Gasteiger partial charge in [-0.2, -0.15) is 4.98 Å². The average molecular weight is 452 g/mol. The van der Waals surface area contributed by atoms with Crippen molar-refractivity contribution in [1.82, 2.24) is 10.3 Å². The Bertz CT molecular complexity index is 1260. The highest BCUT2D eigenvalue weighted by Gasteiger charge is 2.61. The summed E-state index contributed by atoms with van der Waals surface area (Å²) < 4.78 is 30.3. The molecule has 2 N–H and O–H groups in total. The number of piperidine rings is 1. The van der Waals surface area contributed by atoms with E-state index in [0.717, 1.165) is 43.3 Å². The van der Waals surface area contributed by atoms with Gasteiger partial charge in [0.25, 0.3) is 5.91 Å². The number of hydrogen-bond acceptors (Lipinski definition) is 6. The van der Waals surface area contributed by atoms with E-state index >= 15 is 0 Å². The summed E-state index contributed by atoms with van der Waals surface area (Å²) in [6.07, 6.45) is 4.39. The second-order valence-corrected chi connectivity index (χ2v) is 11.0. The first-order valence-electron chi connectivity index (χ1n) is 10.7. The van der Waals surface area contributed by atoms with Gasteiger partial charge in [0.15, 0.2) is 14.6 Å². The molecular formula is C24H25N3O4S. The van der Waals surface area contributed by atoms with Gasteiger partial charge >= 0.3 is 6.01 Å². The van der Waals surface area contributed by atoms with Crippen molar-refractivity contribution in [3.05, 3.63) is 72.0 Å². The van der Waals surface area contributed by atoms with E-state index in [4.69, 9.17) is 4.42 Å². The van der Waals surface area contributed by atoms with Crippen LogP contribution in [0.5, 0.6) is 0 Å². The third-order valence-electron chi connectivity index (χ3n) is 6.88. The molecule has 0 saturated carbocycles.